The number of hydrogen-bond donors (Lipinski definition) is 0. The highest BCUT2D eigenvalue weighted by atomic mass is 35.5. The number of rotatable bonds is 10. The number of halogens is 1. The third-order valence-electron chi connectivity index (χ3n) is 7.29. The van der Waals surface area contributed by atoms with E-state index in [2.05, 4.69) is 20.1 Å². The van der Waals surface area contributed by atoms with Crippen molar-refractivity contribution in [1.29, 1.82) is 0 Å². The van der Waals surface area contributed by atoms with E-state index in [9.17, 15) is 9.59 Å². The first-order valence-electron chi connectivity index (χ1n) is 12.8. The van der Waals surface area contributed by atoms with Gasteiger partial charge in [0.05, 0.1) is 0 Å². The molecule has 198 valence electrons. The molecule has 0 aliphatic heterocycles. The Morgan fingerprint density at radius 3 is 1.81 bits per heavy atom. The molecule has 0 aromatic heterocycles. The van der Waals surface area contributed by atoms with Crippen LogP contribution in [0.25, 0.3) is 10.8 Å². The molecule has 2 bridgehead atoms. The van der Waals surface area contributed by atoms with Crippen LogP contribution in [0, 0.1) is 5.92 Å². The highest BCUT2D eigenvalue weighted by Gasteiger charge is 2.48. The Labute approximate surface area is 223 Å². The van der Waals surface area contributed by atoms with Gasteiger partial charge in [-0.3, -0.25) is 0 Å². The molecule has 0 N–H and O–H groups in total. The number of benzene rings is 2. The summed E-state index contributed by atoms with van der Waals surface area (Å²) in [7, 11) is 0. The predicted octanol–water partition coefficient (Wildman–Crippen LogP) is 6.88. The number of carbonyl (C=O) groups excluding carboxylic acids is 2. The molecular formula is C30H35ClO6. The van der Waals surface area contributed by atoms with Gasteiger partial charge in [-0.05, 0) is 76.5 Å². The van der Waals surface area contributed by atoms with E-state index in [1.807, 2.05) is 18.2 Å². The fraction of sp³-hybridized carbons (Fsp3) is 0.467. The van der Waals surface area contributed by atoms with Crippen molar-refractivity contribution in [3.05, 3.63) is 58.7 Å². The van der Waals surface area contributed by atoms with Crippen LogP contribution in [0.5, 0.6) is 11.5 Å². The zero-order chi connectivity index (χ0) is 27.0. The van der Waals surface area contributed by atoms with E-state index in [1.54, 1.807) is 27.7 Å². The highest BCUT2D eigenvalue weighted by molar-refractivity contribution is 6.31. The Bertz CT molecular complexity index is 1260. The summed E-state index contributed by atoms with van der Waals surface area (Å²) in [6, 6.07) is 5.68. The molecule has 0 spiro atoms. The Balaban J connectivity index is 1.72. The van der Waals surface area contributed by atoms with Gasteiger partial charge in [0.15, 0.2) is 0 Å². The first-order valence-corrected chi connectivity index (χ1v) is 13.1. The summed E-state index contributed by atoms with van der Waals surface area (Å²) in [5.41, 5.74) is 3.02. The van der Waals surface area contributed by atoms with E-state index < -0.39 is 24.1 Å². The van der Waals surface area contributed by atoms with Crippen LogP contribution in [0.1, 0.15) is 70.4 Å². The quantitative estimate of drug-likeness (QED) is 0.248. The Morgan fingerprint density at radius 1 is 0.892 bits per heavy atom. The van der Waals surface area contributed by atoms with Crippen LogP contribution >= 0.6 is 11.6 Å². The molecule has 2 aliphatic carbocycles. The van der Waals surface area contributed by atoms with Crippen LogP contribution in [-0.4, -0.2) is 37.4 Å². The van der Waals surface area contributed by atoms with E-state index in [0.29, 0.717) is 33.9 Å². The van der Waals surface area contributed by atoms with Gasteiger partial charge in [-0.1, -0.05) is 31.7 Å². The van der Waals surface area contributed by atoms with Gasteiger partial charge in [-0.2, -0.15) is 0 Å². The second-order valence-corrected chi connectivity index (χ2v) is 10.9. The van der Waals surface area contributed by atoms with E-state index in [1.165, 1.54) is 5.56 Å². The minimum Gasteiger partial charge on any atom is -0.489 e. The van der Waals surface area contributed by atoms with Gasteiger partial charge in [0.25, 0.3) is 0 Å². The van der Waals surface area contributed by atoms with E-state index in [0.717, 1.165) is 40.7 Å². The molecule has 0 heterocycles. The average molecular weight is 527 g/mol. The van der Waals surface area contributed by atoms with E-state index in [4.69, 9.17) is 30.5 Å². The maximum absolute atomic E-state index is 12.0. The summed E-state index contributed by atoms with van der Waals surface area (Å²) >= 11 is 6.44. The molecule has 37 heavy (non-hydrogen) atoms. The number of hydrogen-bond acceptors (Lipinski definition) is 6. The molecule has 2 aromatic rings. The fourth-order valence-corrected chi connectivity index (χ4v) is 5.67. The zero-order valence-corrected chi connectivity index (χ0v) is 22.9. The molecule has 1 fully saturated rings. The van der Waals surface area contributed by atoms with Crippen molar-refractivity contribution in [2.75, 3.05) is 13.2 Å². The van der Waals surface area contributed by atoms with Crippen molar-refractivity contribution in [3.8, 4) is 11.5 Å². The molecule has 0 saturated heterocycles. The molecule has 4 rings (SSSR count). The summed E-state index contributed by atoms with van der Waals surface area (Å²) in [4.78, 5) is 24.0. The third kappa shape index (κ3) is 5.35. The fourth-order valence-electron chi connectivity index (χ4n) is 5.50. The van der Waals surface area contributed by atoms with Gasteiger partial charge >= 0.3 is 11.9 Å². The van der Waals surface area contributed by atoms with Crippen LogP contribution in [-0.2, 0) is 19.1 Å². The highest BCUT2D eigenvalue weighted by Crippen LogP contribution is 2.64. The smallest absolute Gasteiger partial charge is 0.333 e. The second-order valence-electron chi connectivity index (χ2n) is 10.4. The minimum absolute atomic E-state index is 0.201. The molecule has 2 aliphatic rings. The average Bonchev–Trinajstić information content (AvgIpc) is 3.33. The standard InChI is InChI=1S/C30H35ClO6/c1-15(2)29(32)36-17(5)13-34-27-23-9-8-20(31)12-24(23)28(35-14-18(6)37-30(33)16(3)4)26-22-11-10-21(19(22)7)25(26)27/h8-9,12,17-19,21-22H,1,3,10-11,13-14H2,2,4-7H3. The van der Waals surface area contributed by atoms with Gasteiger partial charge in [-0.15, -0.1) is 0 Å². The minimum atomic E-state index is -0.454. The molecule has 6 nitrogen and oxygen atoms in total. The zero-order valence-electron chi connectivity index (χ0n) is 22.2. The SMILES string of the molecule is C=C(C)C(=O)OC(C)COc1c2c(c(OCC(C)OC(=O)C(=C)C)c3cc(Cl)ccc13)C1CCC2C1C. The number of ether oxygens (including phenoxy) is 4. The van der Waals surface area contributed by atoms with Crippen molar-refractivity contribution in [2.45, 2.75) is 71.5 Å². The van der Waals surface area contributed by atoms with Crippen molar-refractivity contribution < 1.29 is 28.5 Å². The summed E-state index contributed by atoms with van der Waals surface area (Å²) in [5, 5.41) is 2.33. The lowest BCUT2D eigenvalue weighted by Crippen LogP contribution is -2.23. The lowest BCUT2D eigenvalue weighted by Gasteiger charge is -2.26. The Hall–Kier alpha value is -2.99. The number of esters is 2. The van der Waals surface area contributed by atoms with Crippen LogP contribution in [0.2, 0.25) is 5.02 Å². The second kappa shape index (κ2) is 10.8. The van der Waals surface area contributed by atoms with Crippen molar-refractivity contribution in [2.24, 2.45) is 5.92 Å². The molecule has 1 saturated carbocycles. The summed E-state index contributed by atoms with van der Waals surface area (Å²) in [5.74, 6) is 1.84. The molecule has 5 unspecified atom stereocenters. The topological polar surface area (TPSA) is 71.1 Å². The van der Waals surface area contributed by atoms with Crippen LogP contribution in [0.4, 0.5) is 0 Å². The number of fused-ring (bicyclic) bond motifs is 6. The van der Waals surface area contributed by atoms with E-state index in [-0.39, 0.29) is 13.2 Å². The molecule has 2 aromatic carbocycles. The summed E-state index contributed by atoms with van der Waals surface area (Å²) in [6.07, 6.45) is 1.26. The molecule has 0 radical (unpaired) electrons. The monoisotopic (exact) mass is 526 g/mol. The maximum atomic E-state index is 12.0. The summed E-state index contributed by atoms with van der Waals surface area (Å²) < 4.78 is 23.7. The van der Waals surface area contributed by atoms with Gasteiger partial charge in [-0.25, -0.2) is 9.59 Å². The predicted molar refractivity (Wildman–Crippen MR) is 145 cm³/mol. The summed E-state index contributed by atoms with van der Waals surface area (Å²) in [6.45, 7) is 16.8. The molecular weight excluding hydrogens is 492 g/mol. The van der Waals surface area contributed by atoms with Crippen LogP contribution in [0.3, 0.4) is 0 Å². The molecule has 7 heteroatoms. The van der Waals surface area contributed by atoms with Crippen LogP contribution < -0.4 is 9.47 Å². The first-order chi connectivity index (χ1) is 17.5. The maximum Gasteiger partial charge on any atom is 0.333 e. The van der Waals surface area contributed by atoms with Crippen LogP contribution in [0.15, 0.2) is 42.5 Å². The number of carbonyl (C=O) groups is 2. The van der Waals surface area contributed by atoms with Gasteiger partial charge in [0, 0.05) is 38.1 Å². The van der Waals surface area contributed by atoms with Crippen molar-refractivity contribution in [3.63, 3.8) is 0 Å². The molecule has 5 atom stereocenters. The van der Waals surface area contributed by atoms with Crippen molar-refractivity contribution in [1.82, 2.24) is 0 Å². The van der Waals surface area contributed by atoms with Gasteiger partial charge < -0.3 is 18.9 Å². The normalized spacial score (nSPS) is 21.2. The Morgan fingerprint density at radius 2 is 1.35 bits per heavy atom. The lowest BCUT2D eigenvalue weighted by atomic mass is 9.87. The lowest BCUT2D eigenvalue weighted by molar-refractivity contribution is -0.145. The van der Waals surface area contributed by atoms with Crippen molar-refractivity contribution >= 4 is 34.3 Å². The largest absolute Gasteiger partial charge is 0.489 e. The third-order valence-corrected chi connectivity index (χ3v) is 7.52. The van der Waals surface area contributed by atoms with Gasteiger partial charge in [0.2, 0.25) is 0 Å². The van der Waals surface area contributed by atoms with E-state index >= 15 is 0 Å². The first kappa shape index (κ1) is 27.1. The molecule has 0 amide bonds. The van der Waals surface area contributed by atoms with Gasteiger partial charge in [0.1, 0.15) is 36.9 Å². The Kier molecular flexibility index (Phi) is 7.88.